The molecule has 0 radical (unpaired) electrons. The van der Waals surface area contributed by atoms with Crippen LogP contribution in [0.4, 0.5) is 5.69 Å². The molecule has 3 rings (SSSR count). The van der Waals surface area contributed by atoms with Crippen LogP contribution in [0.3, 0.4) is 0 Å². The molecule has 0 saturated heterocycles. The molecule has 1 atom stereocenters. The van der Waals surface area contributed by atoms with Gasteiger partial charge in [-0.2, -0.15) is 0 Å². The number of amides is 1. The molecule has 2 aromatic rings. The summed E-state index contributed by atoms with van der Waals surface area (Å²) in [5.74, 6) is 0.358. The summed E-state index contributed by atoms with van der Waals surface area (Å²) in [6.45, 7) is 0.305. The summed E-state index contributed by atoms with van der Waals surface area (Å²) in [4.78, 5) is 14.5. The van der Waals surface area contributed by atoms with Gasteiger partial charge >= 0.3 is 0 Å². The first-order valence-electron chi connectivity index (χ1n) is 7.74. The normalized spacial score (nSPS) is 16.7. The first-order chi connectivity index (χ1) is 11.8. The lowest BCUT2D eigenvalue weighted by Gasteiger charge is -2.28. The van der Waals surface area contributed by atoms with Crippen LogP contribution in [0, 0.1) is 5.92 Å². The Kier molecular flexibility index (Phi) is 4.75. The molecule has 1 unspecified atom stereocenters. The number of nitrogens with zero attached hydrogens (tertiary/aromatic N) is 1. The molecule has 1 aliphatic heterocycles. The topological polar surface area (TPSA) is 63.7 Å². The van der Waals surface area contributed by atoms with Crippen molar-refractivity contribution in [3.05, 3.63) is 53.1 Å². The lowest BCUT2D eigenvalue weighted by atomic mass is 9.95. The van der Waals surface area contributed by atoms with Crippen LogP contribution in [-0.2, 0) is 21.1 Å². The van der Waals surface area contributed by atoms with Gasteiger partial charge < -0.3 is 9.64 Å². The fourth-order valence-corrected chi connectivity index (χ4v) is 3.66. The molecule has 0 aromatic heterocycles. The summed E-state index contributed by atoms with van der Waals surface area (Å²) >= 11 is 6.01. The second kappa shape index (κ2) is 6.69. The maximum absolute atomic E-state index is 12.8. The minimum atomic E-state index is -3.26. The number of fused-ring (bicyclic) bond motifs is 1. The number of halogens is 1. The van der Waals surface area contributed by atoms with E-state index in [4.69, 9.17) is 16.3 Å². The van der Waals surface area contributed by atoms with Crippen LogP contribution in [0.2, 0.25) is 5.02 Å². The number of sulfone groups is 1. The number of hydrogen-bond acceptors (Lipinski definition) is 4. The third-order valence-corrected chi connectivity index (χ3v) is 5.62. The highest BCUT2D eigenvalue weighted by atomic mass is 35.5. The second-order valence-corrected chi connectivity index (χ2v) is 8.58. The van der Waals surface area contributed by atoms with Crippen LogP contribution >= 0.6 is 11.6 Å². The Morgan fingerprint density at radius 3 is 2.52 bits per heavy atom. The number of carbonyl (C=O) groups is 1. The molecule has 5 nitrogen and oxygen atoms in total. The summed E-state index contributed by atoms with van der Waals surface area (Å²) in [6.07, 6.45) is 1.71. The lowest BCUT2D eigenvalue weighted by Crippen LogP contribution is -2.38. The summed E-state index contributed by atoms with van der Waals surface area (Å²) in [6, 6.07) is 11.6. The Morgan fingerprint density at radius 1 is 1.20 bits per heavy atom. The summed E-state index contributed by atoms with van der Waals surface area (Å²) in [5.41, 5.74) is 1.55. The van der Waals surface area contributed by atoms with E-state index in [1.165, 1.54) is 17.0 Å². The van der Waals surface area contributed by atoms with Gasteiger partial charge in [0.2, 0.25) is 5.91 Å². The second-order valence-electron chi connectivity index (χ2n) is 6.13. The number of rotatable bonds is 3. The van der Waals surface area contributed by atoms with Crippen molar-refractivity contribution in [2.75, 3.05) is 24.8 Å². The SMILES string of the molecule is CN(C(=O)C1COc2ccc(Cl)cc2C1)c1ccc(S(C)(=O)=O)cc1. The van der Waals surface area contributed by atoms with Crippen LogP contribution in [0.15, 0.2) is 47.4 Å². The van der Waals surface area contributed by atoms with E-state index in [-0.39, 0.29) is 16.7 Å². The van der Waals surface area contributed by atoms with Crippen molar-refractivity contribution in [2.24, 2.45) is 5.92 Å². The molecule has 2 aromatic carbocycles. The van der Waals surface area contributed by atoms with Gasteiger partial charge in [-0.1, -0.05) is 11.6 Å². The Balaban J connectivity index is 1.77. The van der Waals surface area contributed by atoms with E-state index in [0.717, 1.165) is 17.6 Å². The van der Waals surface area contributed by atoms with Crippen molar-refractivity contribution in [3.8, 4) is 5.75 Å². The standard InChI is InChI=1S/C18H18ClNO4S/c1-20(15-4-6-16(7-5-15)25(2,22)23)18(21)13-9-12-10-14(19)3-8-17(12)24-11-13/h3-8,10,13H,9,11H2,1-2H3. The van der Waals surface area contributed by atoms with E-state index in [1.807, 2.05) is 12.1 Å². The molecule has 0 saturated carbocycles. The Bertz CT molecular complexity index is 909. The van der Waals surface area contributed by atoms with Gasteiger partial charge in [-0.3, -0.25) is 4.79 Å². The lowest BCUT2D eigenvalue weighted by molar-refractivity contribution is -0.123. The van der Waals surface area contributed by atoms with E-state index in [0.29, 0.717) is 23.7 Å². The molecule has 1 heterocycles. The number of hydrogen-bond donors (Lipinski definition) is 0. The minimum absolute atomic E-state index is 0.0854. The zero-order chi connectivity index (χ0) is 18.2. The smallest absolute Gasteiger partial charge is 0.233 e. The highest BCUT2D eigenvalue weighted by Crippen LogP contribution is 2.31. The van der Waals surface area contributed by atoms with Crippen molar-refractivity contribution in [2.45, 2.75) is 11.3 Å². The molecule has 0 aliphatic carbocycles. The first kappa shape index (κ1) is 17.8. The van der Waals surface area contributed by atoms with Gasteiger partial charge in [0.05, 0.1) is 10.8 Å². The fourth-order valence-electron chi connectivity index (χ4n) is 2.84. The third kappa shape index (κ3) is 3.80. The van der Waals surface area contributed by atoms with E-state index in [1.54, 1.807) is 25.2 Å². The van der Waals surface area contributed by atoms with Gasteiger partial charge in [-0.05, 0) is 54.4 Å². The molecule has 0 bridgehead atoms. The van der Waals surface area contributed by atoms with Crippen LogP contribution < -0.4 is 9.64 Å². The van der Waals surface area contributed by atoms with Crippen molar-refractivity contribution in [1.82, 2.24) is 0 Å². The molecule has 0 spiro atoms. The average molecular weight is 380 g/mol. The van der Waals surface area contributed by atoms with Gasteiger partial charge in [0.25, 0.3) is 0 Å². The number of benzene rings is 2. The Labute approximate surface area is 152 Å². The van der Waals surface area contributed by atoms with Crippen LogP contribution in [0.1, 0.15) is 5.56 Å². The van der Waals surface area contributed by atoms with E-state index < -0.39 is 9.84 Å². The summed E-state index contributed by atoms with van der Waals surface area (Å²) in [7, 11) is -1.59. The van der Waals surface area contributed by atoms with Gasteiger partial charge in [0.15, 0.2) is 9.84 Å². The van der Waals surface area contributed by atoms with E-state index in [2.05, 4.69) is 0 Å². The highest BCUT2D eigenvalue weighted by Gasteiger charge is 2.29. The predicted molar refractivity (Wildman–Crippen MR) is 97.1 cm³/mol. The quantitative estimate of drug-likeness (QED) is 0.822. The van der Waals surface area contributed by atoms with Gasteiger partial charge in [0, 0.05) is 24.0 Å². The molecule has 1 aliphatic rings. The molecular weight excluding hydrogens is 362 g/mol. The number of carbonyl (C=O) groups excluding carboxylic acids is 1. The number of anilines is 1. The highest BCUT2D eigenvalue weighted by molar-refractivity contribution is 7.90. The molecule has 1 amide bonds. The maximum Gasteiger partial charge on any atom is 0.233 e. The predicted octanol–water partition coefficient (Wildman–Crippen LogP) is 2.96. The summed E-state index contributed by atoms with van der Waals surface area (Å²) in [5, 5.41) is 0.611. The van der Waals surface area contributed by atoms with Gasteiger partial charge in [-0.25, -0.2) is 8.42 Å². The molecule has 0 N–H and O–H groups in total. The zero-order valence-corrected chi connectivity index (χ0v) is 15.5. The average Bonchev–Trinajstić information content (AvgIpc) is 2.59. The molecular formula is C18H18ClNO4S. The Morgan fingerprint density at radius 2 is 1.88 bits per heavy atom. The Hall–Kier alpha value is -2.05. The van der Waals surface area contributed by atoms with Crippen molar-refractivity contribution < 1.29 is 17.9 Å². The zero-order valence-electron chi connectivity index (χ0n) is 13.9. The van der Waals surface area contributed by atoms with E-state index in [9.17, 15) is 13.2 Å². The largest absolute Gasteiger partial charge is 0.492 e. The van der Waals surface area contributed by atoms with Crippen LogP contribution in [0.5, 0.6) is 5.75 Å². The molecule has 7 heteroatoms. The van der Waals surface area contributed by atoms with Gasteiger partial charge in [-0.15, -0.1) is 0 Å². The van der Waals surface area contributed by atoms with Crippen LogP contribution in [0.25, 0.3) is 0 Å². The monoisotopic (exact) mass is 379 g/mol. The third-order valence-electron chi connectivity index (χ3n) is 4.26. The minimum Gasteiger partial charge on any atom is -0.492 e. The first-order valence-corrected chi connectivity index (χ1v) is 10.0. The fraction of sp³-hybridized carbons (Fsp3) is 0.278. The number of ether oxygens (including phenoxy) is 1. The van der Waals surface area contributed by atoms with Crippen molar-refractivity contribution >= 4 is 33.0 Å². The molecule has 25 heavy (non-hydrogen) atoms. The van der Waals surface area contributed by atoms with Crippen molar-refractivity contribution in [3.63, 3.8) is 0 Å². The maximum atomic E-state index is 12.8. The van der Waals surface area contributed by atoms with E-state index >= 15 is 0 Å². The molecule has 132 valence electrons. The summed E-state index contributed by atoms with van der Waals surface area (Å²) < 4.78 is 28.7. The molecule has 0 fully saturated rings. The van der Waals surface area contributed by atoms with Crippen molar-refractivity contribution in [1.29, 1.82) is 0 Å². The van der Waals surface area contributed by atoms with Crippen LogP contribution in [-0.4, -0.2) is 34.2 Å². The van der Waals surface area contributed by atoms with Gasteiger partial charge in [0.1, 0.15) is 12.4 Å².